The summed E-state index contributed by atoms with van der Waals surface area (Å²) in [5.41, 5.74) is -0.502. The zero-order chi connectivity index (χ0) is 15.5. The lowest BCUT2D eigenvalue weighted by atomic mass is 10.1. The fourth-order valence-corrected chi connectivity index (χ4v) is 2.39. The Hall–Kier alpha value is -1.98. The lowest BCUT2D eigenvalue weighted by Gasteiger charge is -2.34. The summed E-state index contributed by atoms with van der Waals surface area (Å²) in [5.74, 6) is 0.726. The van der Waals surface area contributed by atoms with Crippen LogP contribution in [0.5, 0.6) is 5.75 Å². The predicted octanol–water partition coefficient (Wildman–Crippen LogP) is 2.28. The zero-order valence-electron chi connectivity index (χ0n) is 12.8. The van der Waals surface area contributed by atoms with Crippen LogP contribution < -0.4 is 10.2 Å². The zero-order valence-corrected chi connectivity index (χ0v) is 12.8. The van der Waals surface area contributed by atoms with Crippen molar-refractivity contribution in [3.63, 3.8) is 0 Å². The number of alkyl carbamates (subject to hydrolysis) is 1. The Morgan fingerprint density at radius 3 is 2.95 bits per heavy atom. The van der Waals surface area contributed by atoms with Crippen LogP contribution in [0.1, 0.15) is 33.6 Å². The summed E-state index contributed by atoms with van der Waals surface area (Å²) in [4.78, 5) is 18.0. The van der Waals surface area contributed by atoms with E-state index in [1.807, 2.05) is 25.7 Å². The van der Waals surface area contributed by atoms with E-state index in [-0.39, 0.29) is 11.8 Å². The molecule has 0 bridgehead atoms. The topological polar surface area (TPSA) is 74.7 Å². The van der Waals surface area contributed by atoms with Gasteiger partial charge in [-0.2, -0.15) is 0 Å². The first-order chi connectivity index (χ1) is 9.85. The number of pyridine rings is 1. The molecule has 1 aliphatic rings. The molecule has 1 atom stereocenters. The molecule has 6 nitrogen and oxygen atoms in total. The number of aromatic hydroxyl groups is 1. The molecule has 0 aromatic carbocycles. The molecular formula is C15H23N3O3. The first-order valence-corrected chi connectivity index (χ1v) is 7.23. The minimum Gasteiger partial charge on any atom is -0.504 e. The maximum Gasteiger partial charge on any atom is 0.407 e. The minimum absolute atomic E-state index is 0.00462. The second-order valence-corrected chi connectivity index (χ2v) is 6.28. The Morgan fingerprint density at radius 2 is 2.29 bits per heavy atom. The minimum atomic E-state index is -0.502. The summed E-state index contributed by atoms with van der Waals surface area (Å²) < 4.78 is 5.27. The third kappa shape index (κ3) is 4.51. The van der Waals surface area contributed by atoms with Gasteiger partial charge >= 0.3 is 6.09 Å². The van der Waals surface area contributed by atoms with Gasteiger partial charge < -0.3 is 20.1 Å². The van der Waals surface area contributed by atoms with Crippen LogP contribution in [0, 0.1) is 0 Å². The monoisotopic (exact) mass is 293 g/mol. The van der Waals surface area contributed by atoms with Crippen molar-refractivity contribution in [3.05, 3.63) is 18.3 Å². The van der Waals surface area contributed by atoms with Gasteiger partial charge in [-0.3, -0.25) is 0 Å². The van der Waals surface area contributed by atoms with Gasteiger partial charge in [-0.15, -0.1) is 0 Å². The van der Waals surface area contributed by atoms with Crippen molar-refractivity contribution in [3.8, 4) is 5.75 Å². The Kier molecular flexibility index (Phi) is 4.55. The van der Waals surface area contributed by atoms with E-state index in [0.29, 0.717) is 12.4 Å². The maximum atomic E-state index is 11.8. The van der Waals surface area contributed by atoms with Crippen LogP contribution in [-0.2, 0) is 4.74 Å². The van der Waals surface area contributed by atoms with Crippen LogP contribution in [0.15, 0.2) is 18.3 Å². The largest absolute Gasteiger partial charge is 0.504 e. The second-order valence-electron chi connectivity index (χ2n) is 6.28. The molecule has 0 spiro atoms. The molecule has 1 saturated heterocycles. The molecule has 2 rings (SSSR count). The van der Waals surface area contributed by atoms with Crippen molar-refractivity contribution < 1.29 is 14.6 Å². The Bertz CT molecular complexity index is 499. The molecule has 1 aliphatic heterocycles. The lowest BCUT2D eigenvalue weighted by Crippen LogP contribution is -2.49. The van der Waals surface area contributed by atoms with Crippen molar-refractivity contribution in [1.29, 1.82) is 0 Å². The van der Waals surface area contributed by atoms with Gasteiger partial charge in [0.2, 0.25) is 0 Å². The van der Waals surface area contributed by atoms with Gasteiger partial charge in [-0.25, -0.2) is 9.78 Å². The molecule has 2 N–H and O–H groups in total. The summed E-state index contributed by atoms with van der Waals surface area (Å²) in [6.45, 7) is 6.95. The Labute approximate surface area is 125 Å². The number of anilines is 1. The quantitative estimate of drug-likeness (QED) is 0.875. The molecule has 1 fully saturated rings. The fraction of sp³-hybridized carbons (Fsp3) is 0.600. The third-order valence-corrected chi connectivity index (χ3v) is 3.21. The van der Waals surface area contributed by atoms with Gasteiger partial charge in [0.25, 0.3) is 0 Å². The normalized spacial score (nSPS) is 19.2. The Balaban J connectivity index is 1.95. The van der Waals surface area contributed by atoms with E-state index in [2.05, 4.69) is 10.3 Å². The summed E-state index contributed by atoms with van der Waals surface area (Å²) in [5, 5.41) is 12.7. The van der Waals surface area contributed by atoms with E-state index in [9.17, 15) is 9.90 Å². The van der Waals surface area contributed by atoms with E-state index in [1.165, 1.54) is 0 Å². The van der Waals surface area contributed by atoms with E-state index < -0.39 is 11.7 Å². The first-order valence-electron chi connectivity index (χ1n) is 7.23. The van der Waals surface area contributed by atoms with Crippen LogP contribution in [0.25, 0.3) is 0 Å². The first kappa shape index (κ1) is 15.4. The van der Waals surface area contributed by atoms with Crippen LogP contribution in [-0.4, -0.2) is 40.9 Å². The number of hydrogen-bond donors (Lipinski definition) is 2. The third-order valence-electron chi connectivity index (χ3n) is 3.21. The summed E-state index contributed by atoms with van der Waals surface area (Å²) >= 11 is 0. The van der Waals surface area contributed by atoms with E-state index in [4.69, 9.17) is 4.74 Å². The predicted molar refractivity (Wildman–Crippen MR) is 80.5 cm³/mol. The highest BCUT2D eigenvalue weighted by molar-refractivity contribution is 5.68. The van der Waals surface area contributed by atoms with Gasteiger partial charge in [-0.1, -0.05) is 0 Å². The van der Waals surface area contributed by atoms with Gasteiger partial charge in [0.15, 0.2) is 11.6 Å². The molecule has 2 heterocycles. The number of aromatic nitrogens is 1. The van der Waals surface area contributed by atoms with Gasteiger partial charge in [-0.05, 0) is 45.7 Å². The van der Waals surface area contributed by atoms with Crippen LogP contribution >= 0.6 is 0 Å². The average Bonchev–Trinajstić information content (AvgIpc) is 2.37. The van der Waals surface area contributed by atoms with E-state index in [1.54, 1.807) is 18.3 Å². The van der Waals surface area contributed by atoms with Gasteiger partial charge in [0.1, 0.15) is 5.60 Å². The summed E-state index contributed by atoms with van der Waals surface area (Å²) in [6.07, 6.45) is 3.07. The van der Waals surface area contributed by atoms with Crippen LogP contribution in [0.4, 0.5) is 10.6 Å². The number of carbonyl (C=O) groups is 1. The molecule has 21 heavy (non-hydrogen) atoms. The van der Waals surface area contributed by atoms with Crippen molar-refractivity contribution in [2.24, 2.45) is 0 Å². The number of piperidine rings is 1. The van der Waals surface area contributed by atoms with Crippen LogP contribution in [0.3, 0.4) is 0 Å². The van der Waals surface area contributed by atoms with Crippen molar-refractivity contribution in [2.45, 2.75) is 45.3 Å². The number of nitrogens with zero attached hydrogens (tertiary/aromatic N) is 2. The fourth-order valence-electron chi connectivity index (χ4n) is 2.39. The van der Waals surface area contributed by atoms with Crippen molar-refractivity contribution in [1.82, 2.24) is 10.3 Å². The van der Waals surface area contributed by atoms with Gasteiger partial charge in [0.05, 0.1) is 0 Å². The number of ether oxygens (including phenoxy) is 1. The molecule has 1 aromatic rings. The highest BCUT2D eigenvalue weighted by Gasteiger charge is 2.25. The standard InChI is InChI=1S/C15H23N3O3/c1-15(2,3)21-14(20)17-11-6-5-9-18(10-11)13-12(19)7-4-8-16-13/h4,7-8,11,19H,5-6,9-10H2,1-3H3,(H,17,20)/t11-/m1/s1. The second kappa shape index (κ2) is 6.20. The SMILES string of the molecule is CC(C)(C)OC(=O)N[C@@H]1CCCN(c2ncccc2O)C1. The highest BCUT2D eigenvalue weighted by Crippen LogP contribution is 2.26. The lowest BCUT2D eigenvalue weighted by molar-refractivity contribution is 0.0500. The van der Waals surface area contributed by atoms with Crippen molar-refractivity contribution in [2.75, 3.05) is 18.0 Å². The molecule has 0 radical (unpaired) electrons. The number of amides is 1. The number of hydrogen-bond acceptors (Lipinski definition) is 5. The van der Waals surface area contributed by atoms with Crippen molar-refractivity contribution >= 4 is 11.9 Å². The highest BCUT2D eigenvalue weighted by atomic mass is 16.6. The molecule has 0 saturated carbocycles. The Morgan fingerprint density at radius 1 is 1.52 bits per heavy atom. The molecule has 116 valence electrons. The maximum absolute atomic E-state index is 11.8. The smallest absolute Gasteiger partial charge is 0.407 e. The molecule has 1 aromatic heterocycles. The molecule has 6 heteroatoms. The average molecular weight is 293 g/mol. The van der Waals surface area contributed by atoms with E-state index in [0.717, 1.165) is 19.4 Å². The van der Waals surface area contributed by atoms with E-state index >= 15 is 0 Å². The summed E-state index contributed by atoms with van der Waals surface area (Å²) in [7, 11) is 0. The number of nitrogens with one attached hydrogen (secondary N) is 1. The number of carbonyl (C=O) groups excluding carboxylic acids is 1. The number of rotatable bonds is 2. The molecule has 0 unspecified atom stereocenters. The van der Waals surface area contributed by atoms with Crippen LogP contribution in [0.2, 0.25) is 0 Å². The molecule has 1 amide bonds. The molecule has 0 aliphatic carbocycles. The van der Waals surface area contributed by atoms with Gasteiger partial charge in [0, 0.05) is 25.3 Å². The summed E-state index contributed by atoms with van der Waals surface area (Å²) in [6, 6.07) is 3.31. The molecular weight excluding hydrogens is 270 g/mol.